The first-order valence-electron chi connectivity index (χ1n) is 28.7. The molecular weight excluding hydrogens is 856 g/mol. The molecule has 3 unspecified atom stereocenters. The SMILES string of the molecule is CCCCCCCC/C=C/CCCCCCCCCCCC(=O)NC(COP(=O)(O)OCC[N+](C)(C)C)C(/C=C\CCCCCCCCCCC)OC(=O)CCCCCCCCCCCCC. The van der Waals surface area contributed by atoms with Crippen LogP contribution in [0.3, 0.4) is 0 Å². The van der Waals surface area contributed by atoms with Gasteiger partial charge in [0.1, 0.15) is 19.3 Å². The smallest absolute Gasteiger partial charge is 0.456 e. The van der Waals surface area contributed by atoms with Gasteiger partial charge in [-0.25, -0.2) is 4.57 Å². The van der Waals surface area contributed by atoms with E-state index in [0.29, 0.717) is 23.9 Å². The highest BCUT2D eigenvalue weighted by molar-refractivity contribution is 7.47. The number of carbonyl (C=O) groups excluding carboxylic acids is 2. The number of unbranched alkanes of at least 4 members (excludes halogenated alkanes) is 34. The summed E-state index contributed by atoms with van der Waals surface area (Å²) in [6.45, 7) is 7.01. The summed E-state index contributed by atoms with van der Waals surface area (Å²) in [4.78, 5) is 37.5. The van der Waals surface area contributed by atoms with E-state index in [-0.39, 0.29) is 25.1 Å². The topological polar surface area (TPSA) is 111 Å². The van der Waals surface area contributed by atoms with Crippen LogP contribution >= 0.6 is 7.82 Å². The van der Waals surface area contributed by atoms with Gasteiger partial charge in [-0.15, -0.1) is 0 Å². The summed E-state index contributed by atoms with van der Waals surface area (Å²) in [6.07, 6.45) is 54.5. The number of nitrogens with one attached hydrogen (secondary N) is 1. The fourth-order valence-electron chi connectivity index (χ4n) is 8.41. The fourth-order valence-corrected chi connectivity index (χ4v) is 9.14. The van der Waals surface area contributed by atoms with Crippen LogP contribution in [0, 0.1) is 0 Å². The second-order valence-electron chi connectivity index (χ2n) is 20.8. The monoisotopic (exact) mass is 968 g/mol. The summed E-state index contributed by atoms with van der Waals surface area (Å²) < 4.78 is 30.6. The van der Waals surface area contributed by atoms with Crippen LogP contribution in [0.2, 0.25) is 0 Å². The van der Waals surface area contributed by atoms with E-state index in [1.54, 1.807) is 0 Å². The minimum atomic E-state index is -4.43. The summed E-state index contributed by atoms with van der Waals surface area (Å²) in [5.74, 6) is -0.498. The average molecular weight is 969 g/mol. The molecule has 1 amide bonds. The van der Waals surface area contributed by atoms with Gasteiger partial charge in [-0.05, 0) is 57.4 Å². The maximum atomic E-state index is 13.5. The van der Waals surface area contributed by atoms with Crippen LogP contribution in [-0.4, -0.2) is 74.3 Å². The van der Waals surface area contributed by atoms with Gasteiger partial charge in [0.05, 0.1) is 33.8 Å². The molecule has 0 rings (SSSR count). The van der Waals surface area contributed by atoms with Gasteiger partial charge in [0, 0.05) is 12.8 Å². The lowest BCUT2D eigenvalue weighted by molar-refractivity contribution is -0.870. The maximum absolute atomic E-state index is 13.5. The molecule has 2 N–H and O–H groups in total. The number of likely N-dealkylation sites (N-methyl/N-ethyl adjacent to an activating group) is 1. The highest BCUT2D eigenvalue weighted by atomic mass is 31.2. The second kappa shape index (κ2) is 48.1. The van der Waals surface area contributed by atoms with Crippen molar-refractivity contribution >= 4 is 19.7 Å². The molecule has 0 aromatic rings. The predicted molar refractivity (Wildman–Crippen MR) is 286 cm³/mol. The number of quaternary nitrogens is 1. The highest BCUT2D eigenvalue weighted by Crippen LogP contribution is 2.43. The molecule has 0 saturated heterocycles. The lowest BCUT2D eigenvalue weighted by Gasteiger charge is -2.27. The van der Waals surface area contributed by atoms with Crippen LogP contribution in [0.1, 0.15) is 278 Å². The molecule has 0 aromatic carbocycles. The quantitative estimate of drug-likeness (QED) is 0.0205. The van der Waals surface area contributed by atoms with Gasteiger partial charge in [0.15, 0.2) is 0 Å². The number of nitrogens with zero attached hydrogens (tertiary/aromatic N) is 1. The van der Waals surface area contributed by atoms with Gasteiger partial charge >= 0.3 is 13.8 Å². The minimum absolute atomic E-state index is 0.0430. The number of phosphoric acid groups is 1. The molecule has 0 saturated carbocycles. The van der Waals surface area contributed by atoms with Gasteiger partial charge in [-0.2, -0.15) is 0 Å². The maximum Gasteiger partial charge on any atom is 0.472 e. The molecule has 0 aliphatic rings. The lowest BCUT2D eigenvalue weighted by Crippen LogP contribution is -2.47. The van der Waals surface area contributed by atoms with Crippen molar-refractivity contribution in [2.45, 2.75) is 290 Å². The first-order valence-corrected chi connectivity index (χ1v) is 30.2. The van der Waals surface area contributed by atoms with E-state index >= 15 is 0 Å². The van der Waals surface area contributed by atoms with Crippen molar-refractivity contribution in [3.05, 3.63) is 24.3 Å². The number of ether oxygens (including phenoxy) is 1. The van der Waals surface area contributed by atoms with E-state index in [1.807, 2.05) is 33.3 Å². The summed E-state index contributed by atoms with van der Waals surface area (Å²) in [7, 11) is 1.51. The number of amides is 1. The van der Waals surface area contributed by atoms with Crippen molar-refractivity contribution in [3.8, 4) is 0 Å². The molecule has 0 aliphatic carbocycles. The van der Waals surface area contributed by atoms with Gasteiger partial charge in [-0.1, -0.05) is 232 Å². The van der Waals surface area contributed by atoms with E-state index in [1.165, 1.54) is 186 Å². The Morgan fingerprint density at radius 2 is 0.866 bits per heavy atom. The molecule has 10 heteroatoms. The molecule has 0 bridgehead atoms. The number of hydrogen-bond donors (Lipinski definition) is 2. The molecular formula is C57H112N2O7P+. The molecule has 9 nitrogen and oxygen atoms in total. The first kappa shape index (κ1) is 65.5. The van der Waals surface area contributed by atoms with Crippen molar-refractivity contribution in [2.75, 3.05) is 40.9 Å². The Labute approximate surface area is 415 Å². The van der Waals surface area contributed by atoms with Crippen LogP contribution in [0.15, 0.2) is 24.3 Å². The Hall–Kier alpha value is -1.51. The Morgan fingerprint density at radius 1 is 0.507 bits per heavy atom. The summed E-state index contributed by atoms with van der Waals surface area (Å²) in [5.41, 5.74) is 0. The number of rotatable bonds is 52. The Morgan fingerprint density at radius 3 is 1.27 bits per heavy atom. The van der Waals surface area contributed by atoms with Crippen LogP contribution in [0.4, 0.5) is 0 Å². The number of allylic oxidation sites excluding steroid dienone is 3. The third-order valence-corrected chi connectivity index (χ3v) is 13.9. The zero-order valence-corrected chi connectivity index (χ0v) is 46.1. The van der Waals surface area contributed by atoms with E-state index < -0.39 is 20.0 Å². The van der Waals surface area contributed by atoms with Crippen LogP contribution in [0.25, 0.3) is 0 Å². The van der Waals surface area contributed by atoms with Crippen LogP contribution < -0.4 is 5.32 Å². The van der Waals surface area contributed by atoms with E-state index in [0.717, 1.165) is 57.8 Å². The van der Waals surface area contributed by atoms with Crippen LogP contribution in [-0.2, 0) is 27.9 Å². The predicted octanol–water partition coefficient (Wildman–Crippen LogP) is 17.0. The molecule has 0 heterocycles. The van der Waals surface area contributed by atoms with Crippen molar-refractivity contribution in [3.63, 3.8) is 0 Å². The van der Waals surface area contributed by atoms with Gasteiger partial charge in [0.2, 0.25) is 5.91 Å². The van der Waals surface area contributed by atoms with Crippen molar-refractivity contribution in [1.29, 1.82) is 0 Å². The number of hydrogen-bond acceptors (Lipinski definition) is 6. The van der Waals surface area contributed by atoms with Crippen molar-refractivity contribution < 1.29 is 37.3 Å². The third-order valence-electron chi connectivity index (χ3n) is 12.9. The van der Waals surface area contributed by atoms with Crippen LogP contribution in [0.5, 0.6) is 0 Å². The average Bonchev–Trinajstić information content (AvgIpc) is 3.28. The van der Waals surface area contributed by atoms with E-state index in [2.05, 4.69) is 38.2 Å². The third kappa shape index (κ3) is 49.3. The van der Waals surface area contributed by atoms with Crippen molar-refractivity contribution in [2.24, 2.45) is 0 Å². The summed E-state index contributed by atoms with van der Waals surface area (Å²) in [5, 5.41) is 3.05. The molecule has 3 atom stereocenters. The standard InChI is InChI=1S/C57H111N2O7P/c1-7-10-13-16-19-22-25-26-27-28-29-30-31-32-35-37-40-43-46-49-56(60)58-54(53-65-67(62,63)64-52-51-59(4,5)6)55(48-45-42-39-36-33-23-20-17-14-11-8-2)66-57(61)50-47-44-41-38-34-24-21-18-15-12-9-3/h26-27,45,48,54-55H,7-25,28-44,46-47,49-53H2,1-6H3,(H-,58,60,62,63)/p+1/b27-26+,48-45-. The molecule has 0 spiro atoms. The molecule has 0 radical (unpaired) electrons. The minimum Gasteiger partial charge on any atom is -0.456 e. The fraction of sp³-hybridized carbons (Fsp3) is 0.895. The van der Waals surface area contributed by atoms with E-state index in [4.69, 9.17) is 13.8 Å². The Kier molecular flexibility index (Phi) is 47.0. The summed E-state index contributed by atoms with van der Waals surface area (Å²) in [6, 6.07) is -0.841. The zero-order valence-electron chi connectivity index (χ0n) is 45.2. The number of carbonyl (C=O) groups is 2. The number of esters is 1. The normalized spacial score (nSPS) is 14.0. The second-order valence-corrected chi connectivity index (χ2v) is 22.3. The van der Waals surface area contributed by atoms with Gasteiger partial charge in [-0.3, -0.25) is 18.6 Å². The van der Waals surface area contributed by atoms with Crippen molar-refractivity contribution in [1.82, 2.24) is 5.32 Å². The molecule has 396 valence electrons. The molecule has 67 heavy (non-hydrogen) atoms. The Bertz CT molecular complexity index is 1210. The Balaban J connectivity index is 5.23. The lowest BCUT2D eigenvalue weighted by atomic mass is 10.0. The summed E-state index contributed by atoms with van der Waals surface area (Å²) >= 11 is 0. The molecule has 0 aromatic heterocycles. The first-order chi connectivity index (χ1) is 32.4. The molecule has 0 fully saturated rings. The largest absolute Gasteiger partial charge is 0.472 e. The zero-order chi connectivity index (χ0) is 49.4. The van der Waals surface area contributed by atoms with Gasteiger partial charge < -0.3 is 19.4 Å². The van der Waals surface area contributed by atoms with Gasteiger partial charge in [0.25, 0.3) is 0 Å². The number of phosphoric ester groups is 1. The van der Waals surface area contributed by atoms with E-state index in [9.17, 15) is 19.0 Å². The molecule has 0 aliphatic heterocycles. The highest BCUT2D eigenvalue weighted by Gasteiger charge is 2.30.